The number of benzene rings is 2. The van der Waals surface area contributed by atoms with Crippen LogP contribution in [-0.2, 0) is 9.59 Å². The number of nitrogens with zero attached hydrogens (tertiary/aromatic N) is 2. The summed E-state index contributed by atoms with van der Waals surface area (Å²) in [5.41, 5.74) is 2.81. The van der Waals surface area contributed by atoms with E-state index >= 15 is 0 Å². The van der Waals surface area contributed by atoms with Crippen LogP contribution in [0.15, 0.2) is 48.5 Å². The van der Waals surface area contributed by atoms with Crippen molar-refractivity contribution < 1.29 is 9.59 Å². The van der Waals surface area contributed by atoms with Gasteiger partial charge in [-0.2, -0.15) is 5.10 Å². The Balaban J connectivity index is 1.71. The van der Waals surface area contributed by atoms with Gasteiger partial charge in [0.05, 0.1) is 22.8 Å². The number of halogens is 2. The maximum atomic E-state index is 12.9. The standard InChI is InChI=1S/C20H16Cl2N4O2/c1-11-18(12-6-8-13(21)9-7-12)25-26-16(10-17(27)24-19(11)26)20(28)23-15-5-3-2-4-14(15)22/h2-9,16H,10H2,1H3,(H,23,28)(H,24,27)/t16-/m1/s1. The highest BCUT2D eigenvalue weighted by molar-refractivity contribution is 6.33. The van der Waals surface area contributed by atoms with Gasteiger partial charge >= 0.3 is 0 Å². The summed E-state index contributed by atoms with van der Waals surface area (Å²) in [5, 5.41) is 11.3. The highest BCUT2D eigenvalue weighted by atomic mass is 35.5. The first-order valence-corrected chi connectivity index (χ1v) is 9.40. The van der Waals surface area contributed by atoms with Crippen molar-refractivity contribution >= 4 is 46.5 Å². The minimum absolute atomic E-state index is 0.00946. The van der Waals surface area contributed by atoms with E-state index in [4.69, 9.17) is 23.2 Å². The molecule has 142 valence electrons. The van der Waals surface area contributed by atoms with Crippen LogP contribution in [0.2, 0.25) is 10.0 Å². The van der Waals surface area contributed by atoms with E-state index in [9.17, 15) is 9.59 Å². The van der Waals surface area contributed by atoms with Crippen molar-refractivity contribution in [1.82, 2.24) is 9.78 Å². The lowest BCUT2D eigenvalue weighted by atomic mass is 10.1. The minimum Gasteiger partial charge on any atom is -0.323 e. The normalized spacial score (nSPS) is 15.7. The number of para-hydroxylation sites is 1. The van der Waals surface area contributed by atoms with E-state index in [1.54, 1.807) is 41.1 Å². The number of hydrogen-bond donors (Lipinski definition) is 2. The predicted molar refractivity (Wildman–Crippen MR) is 110 cm³/mol. The second-order valence-corrected chi connectivity index (χ2v) is 7.35. The fourth-order valence-corrected chi connectivity index (χ4v) is 3.51. The SMILES string of the molecule is Cc1c(-c2ccc(Cl)cc2)nn2c1NC(=O)C[C@@H]2C(=O)Nc1ccccc1Cl. The zero-order chi connectivity index (χ0) is 19.8. The molecule has 2 N–H and O–H groups in total. The van der Waals surface area contributed by atoms with Crippen LogP contribution in [-0.4, -0.2) is 21.6 Å². The molecule has 0 spiro atoms. The quantitative estimate of drug-likeness (QED) is 0.652. The van der Waals surface area contributed by atoms with Crippen molar-refractivity contribution in [2.24, 2.45) is 0 Å². The molecule has 1 aliphatic rings. The third-order valence-corrected chi connectivity index (χ3v) is 5.21. The van der Waals surface area contributed by atoms with Crippen LogP contribution < -0.4 is 10.6 Å². The van der Waals surface area contributed by atoms with Crippen LogP contribution in [0.1, 0.15) is 18.0 Å². The summed E-state index contributed by atoms with van der Waals surface area (Å²) in [6, 6.07) is 13.4. The Morgan fingerprint density at radius 1 is 1.18 bits per heavy atom. The third-order valence-electron chi connectivity index (χ3n) is 4.63. The van der Waals surface area contributed by atoms with Crippen molar-refractivity contribution in [1.29, 1.82) is 0 Å². The van der Waals surface area contributed by atoms with Crippen molar-refractivity contribution in [2.75, 3.05) is 10.6 Å². The lowest BCUT2D eigenvalue weighted by molar-refractivity contribution is -0.125. The molecule has 0 unspecified atom stereocenters. The first-order valence-electron chi connectivity index (χ1n) is 8.64. The summed E-state index contributed by atoms with van der Waals surface area (Å²) in [6.45, 7) is 1.86. The molecule has 1 atom stereocenters. The fraction of sp³-hybridized carbons (Fsp3) is 0.150. The summed E-state index contributed by atoms with van der Waals surface area (Å²) in [7, 11) is 0. The average Bonchev–Trinajstić information content (AvgIpc) is 3.00. The Morgan fingerprint density at radius 3 is 2.61 bits per heavy atom. The Bertz CT molecular complexity index is 1080. The molecule has 4 rings (SSSR count). The molecule has 28 heavy (non-hydrogen) atoms. The molecule has 0 aliphatic carbocycles. The molecule has 0 saturated heterocycles. The summed E-state index contributed by atoms with van der Waals surface area (Å²) >= 11 is 12.1. The van der Waals surface area contributed by atoms with Crippen molar-refractivity contribution in [2.45, 2.75) is 19.4 Å². The molecule has 0 fully saturated rings. The molecule has 2 aromatic carbocycles. The number of carbonyl (C=O) groups excluding carboxylic acids is 2. The van der Waals surface area contributed by atoms with E-state index in [-0.39, 0.29) is 18.2 Å². The van der Waals surface area contributed by atoms with Gasteiger partial charge in [-0.25, -0.2) is 4.68 Å². The van der Waals surface area contributed by atoms with Gasteiger partial charge in [0, 0.05) is 16.1 Å². The largest absolute Gasteiger partial charge is 0.323 e. The smallest absolute Gasteiger partial charge is 0.249 e. The Kier molecular flexibility index (Phi) is 4.83. The number of fused-ring (bicyclic) bond motifs is 1. The lowest BCUT2D eigenvalue weighted by Crippen LogP contribution is -2.36. The number of anilines is 2. The van der Waals surface area contributed by atoms with Gasteiger partial charge in [0.25, 0.3) is 0 Å². The number of rotatable bonds is 3. The zero-order valence-electron chi connectivity index (χ0n) is 14.9. The predicted octanol–water partition coefficient (Wildman–Crippen LogP) is 4.69. The van der Waals surface area contributed by atoms with Gasteiger partial charge < -0.3 is 10.6 Å². The molecule has 1 aliphatic heterocycles. The number of aromatic nitrogens is 2. The molecule has 3 aromatic rings. The number of hydrogen-bond acceptors (Lipinski definition) is 3. The highest BCUT2D eigenvalue weighted by Crippen LogP contribution is 2.35. The lowest BCUT2D eigenvalue weighted by Gasteiger charge is -2.24. The van der Waals surface area contributed by atoms with Crippen molar-refractivity contribution in [3.8, 4) is 11.3 Å². The fourth-order valence-electron chi connectivity index (χ4n) is 3.20. The molecule has 0 saturated carbocycles. The molecular formula is C20H16Cl2N4O2. The van der Waals surface area contributed by atoms with E-state index in [1.807, 2.05) is 19.1 Å². The van der Waals surface area contributed by atoms with E-state index in [1.165, 1.54) is 0 Å². The van der Waals surface area contributed by atoms with E-state index < -0.39 is 6.04 Å². The molecule has 2 heterocycles. The maximum absolute atomic E-state index is 12.9. The first kappa shape index (κ1) is 18.5. The Labute approximate surface area is 171 Å². The van der Waals surface area contributed by atoms with Crippen LogP contribution in [0.25, 0.3) is 11.3 Å². The van der Waals surface area contributed by atoms with Crippen molar-refractivity contribution in [3.63, 3.8) is 0 Å². The number of nitrogens with one attached hydrogen (secondary N) is 2. The van der Waals surface area contributed by atoms with Gasteiger partial charge in [0.2, 0.25) is 11.8 Å². The second kappa shape index (κ2) is 7.30. The van der Waals surface area contributed by atoms with Gasteiger partial charge in [-0.3, -0.25) is 9.59 Å². The second-order valence-electron chi connectivity index (χ2n) is 6.51. The topological polar surface area (TPSA) is 76.0 Å². The maximum Gasteiger partial charge on any atom is 0.249 e. The Hall–Kier alpha value is -2.83. The Morgan fingerprint density at radius 2 is 1.89 bits per heavy atom. The van der Waals surface area contributed by atoms with Gasteiger partial charge in [0.15, 0.2) is 0 Å². The third kappa shape index (κ3) is 3.37. The molecule has 0 radical (unpaired) electrons. The van der Waals surface area contributed by atoms with Crippen LogP contribution >= 0.6 is 23.2 Å². The molecule has 8 heteroatoms. The van der Waals surface area contributed by atoms with Gasteiger partial charge in [-0.1, -0.05) is 47.5 Å². The molecule has 1 aromatic heterocycles. The molecule has 0 bridgehead atoms. The van der Waals surface area contributed by atoms with E-state index in [0.29, 0.717) is 27.2 Å². The van der Waals surface area contributed by atoms with E-state index in [2.05, 4.69) is 15.7 Å². The first-order chi connectivity index (χ1) is 13.4. The summed E-state index contributed by atoms with van der Waals surface area (Å²) in [6.07, 6.45) is -0.00946. The summed E-state index contributed by atoms with van der Waals surface area (Å²) in [5.74, 6) is -0.0765. The van der Waals surface area contributed by atoms with Gasteiger partial charge in [0.1, 0.15) is 11.9 Å². The van der Waals surface area contributed by atoms with Gasteiger partial charge in [-0.05, 0) is 31.2 Å². The zero-order valence-corrected chi connectivity index (χ0v) is 16.4. The van der Waals surface area contributed by atoms with Gasteiger partial charge in [-0.15, -0.1) is 0 Å². The van der Waals surface area contributed by atoms with Crippen LogP contribution in [0.3, 0.4) is 0 Å². The van der Waals surface area contributed by atoms with Crippen LogP contribution in [0, 0.1) is 6.92 Å². The highest BCUT2D eigenvalue weighted by Gasteiger charge is 2.34. The monoisotopic (exact) mass is 414 g/mol. The molecule has 6 nitrogen and oxygen atoms in total. The van der Waals surface area contributed by atoms with E-state index in [0.717, 1.165) is 11.1 Å². The van der Waals surface area contributed by atoms with Crippen molar-refractivity contribution in [3.05, 3.63) is 64.1 Å². The average molecular weight is 415 g/mol. The van der Waals surface area contributed by atoms with Crippen LogP contribution in [0.5, 0.6) is 0 Å². The number of amides is 2. The summed E-state index contributed by atoms with van der Waals surface area (Å²) in [4.78, 5) is 25.1. The minimum atomic E-state index is -0.778. The molecule has 2 amide bonds. The molecular weight excluding hydrogens is 399 g/mol. The number of carbonyl (C=O) groups is 2. The van der Waals surface area contributed by atoms with Crippen LogP contribution in [0.4, 0.5) is 11.5 Å². The summed E-state index contributed by atoms with van der Waals surface area (Å²) < 4.78 is 1.56.